The second kappa shape index (κ2) is 5.51. The Labute approximate surface area is 118 Å². The SMILES string of the molecule is CCC1CCCN(c2nc3sccn3c2CN)CC1. The lowest BCUT2D eigenvalue weighted by Gasteiger charge is -2.21. The first-order valence-electron chi connectivity index (χ1n) is 7.23. The van der Waals surface area contributed by atoms with E-state index in [0.29, 0.717) is 6.54 Å². The molecule has 0 amide bonds. The molecule has 4 nitrogen and oxygen atoms in total. The highest BCUT2D eigenvalue weighted by Gasteiger charge is 2.21. The van der Waals surface area contributed by atoms with Gasteiger partial charge >= 0.3 is 0 Å². The molecule has 0 spiro atoms. The van der Waals surface area contributed by atoms with E-state index in [0.717, 1.165) is 35.5 Å². The summed E-state index contributed by atoms with van der Waals surface area (Å²) in [5, 5.41) is 2.07. The molecule has 0 bridgehead atoms. The van der Waals surface area contributed by atoms with Crippen LogP contribution in [0.25, 0.3) is 4.96 Å². The van der Waals surface area contributed by atoms with Crippen LogP contribution in [-0.2, 0) is 6.54 Å². The summed E-state index contributed by atoms with van der Waals surface area (Å²) in [4.78, 5) is 8.29. The molecule has 3 rings (SSSR count). The topological polar surface area (TPSA) is 46.6 Å². The highest BCUT2D eigenvalue weighted by atomic mass is 32.1. The Bertz CT molecular complexity index is 545. The van der Waals surface area contributed by atoms with E-state index in [4.69, 9.17) is 10.7 Å². The number of imidazole rings is 1. The Balaban J connectivity index is 1.88. The molecule has 1 unspecified atom stereocenters. The molecule has 0 saturated carbocycles. The average Bonchev–Trinajstić information content (AvgIpc) is 2.91. The van der Waals surface area contributed by atoms with Crippen LogP contribution in [0.4, 0.5) is 5.82 Å². The molecule has 19 heavy (non-hydrogen) atoms. The number of anilines is 1. The van der Waals surface area contributed by atoms with Gasteiger partial charge in [0.15, 0.2) is 10.8 Å². The molecule has 0 aromatic carbocycles. The first kappa shape index (κ1) is 12.9. The van der Waals surface area contributed by atoms with Gasteiger partial charge in [0.1, 0.15) is 0 Å². The zero-order valence-corrected chi connectivity index (χ0v) is 12.3. The summed E-state index contributed by atoms with van der Waals surface area (Å²) in [5.74, 6) is 2.00. The molecule has 1 saturated heterocycles. The van der Waals surface area contributed by atoms with Crippen molar-refractivity contribution in [2.24, 2.45) is 11.7 Å². The minimum absolute atomic E-state index is 0.556. The van der Waals surface area contributed by atoms with Gasteiger partial charge in [-0.1, -0.05) is 13.3 Å². The van der Waals surface area contributed by atoms with Gasteiger partial charge in [0.25, 0.3) is 0 Å². The molecular formula is C14H22N4S. The van der Waals surface area contributed by atoms with Crippen molar-refractivity contribution in [2.45, 2.75) is 39.2 Å². The molecule has 2 aromatic rings. The lowest BCUT2D eigenvalue weighted by molar-refractivity contribution is 0.459. The maximum Gasteiger partial charge on any atom is 0.195 e. The predicted octanol–water partition coefficient (Wildman–Crippen LogP) is 2.87. The molecule has 0 radical (unpaired) electrons. The highest BCUT2D eigenvalue weighted by molar-refractivity contribution is 7.15. The van der Waals surface area contributed by atoms with E-state index in [1.165, 1.54) is 25.7 Å². The fraction of sp³-hybridized carbons (Fsp3) is 0.643. The van der Waals surface area contributed by atoms with Gasteiger partial charge in [0, 0.05) is 31.2 Å². The molecule has 1 aliphatic heterocycles. The molecule has 3 heterocycles. The van der Waals surface area contributed by atoms with Gasteiger partial charge in [0.05, 0.1) is 5.69 Å². The summed E-state index contributed by atoms with van der Waals surface area (Å²) in [6, 6.07) is 0. The van der Waals surface area contributed by atoms with Gasteiger partial charge in [-0.2, -0.15) is 0 Å². The van der Waals surface area contributed by atoms with E-state index in [1.807, 2.05) is 0 Å². The minimum Gasteiger partial charge on any atom is -0.355 e. The molecule has 2 N–H and O–H groups in total. The summed E-state index contributed by atoms with van der Waals surface area (Å²) in [5.41, 5.74) is 7.10. The van der Waals surface area contributed by atoms with Crippen LogP contribution in [0.3, 0.4) is 0 Å². The Morgan fingerprint density at radius 1 is 1.42 bits per heavy atom. The summed E-state index contributed by atoms with van der Waals surface area (Å²) < 4.78 is 2.14. The predicted molar refractivity (Wildman–Crippen MR) is 80.8 cm³/mol. The van der Waals surface area contributed by atoms with Crippen LogP contribution in [0.1, 0.15) is 38.3 Å². The van der Waals surface area contributed by atoms with Gasteiger partial charge in [-0.05, 0) is 25.2 Å². The first-order chi connectivity index (χ1) is 9.33. The van der Waals surface area contributed by atoms with Crippen LogP contribution in [0.5, 0.6) is 0 Å². The molecule has 1 fully saturated rings. The zero-order chi connectivity index (χ0) is 13.2. The van der Waals surface area contributed by atoms with Crippen molar-refractivity contribution in [1.29, 1.82) is 0 Å². The Morgan fingerprint density at radius 2 is 2.32 bits per heavy atom. The van der Waals surface area contributed by atoms with Crippen molar-refractivity contribution in [3.05, 3.63) is 17.3 Å². The standard InChI is InChI=1S/C14H22N4S/c1-2-11-4-3-6-17(7-5-11)13-12(10-15)18-8-9-19-14(18)16-13/h8-9,11H,2-7,10,15H2,1H3. The summed E-state index contributed by atoms with van der Waals surface area (Å²) in [6.07, 6.45) is 7.29. The third kappa shape index (κ3) is 2.37. The second-order valence-corrected chi connectivity index (χ2v) is 6.21. The Kier molecular flexibility index (Phi) is 3.75. The van der Waals surface area contributed by atoms with Crippen molar-refractivity contribution in [3.8, 4) is 0 Å². The molecule has 2 aromatic heterocycles. The number of aromatic nitrogens is 2. The lowest BCUT2D eigenvalue weighted by atomic mass is 9.98. The lowest BCUT2D eigenvalue weighted by Crippen LogP contribution is -2.26. The fourth-order valence-electron chi connectivity index (χ4n) is 3.05. The Hall–Kier alpha value is -1.07. The van der Waals surface area contributed by atoms with Crippen molar-refractivity contribution >= 4 is 22.1 Å². The van der Waals surface area contributed by atoms with Gasteiger partial charge in [0.2, 0.25) is 0 Å². The van der Waals surface area contributed by atoms with Crippen LogP contribution < -0.4 is 10.6 Å². The third-order valence-corrected chi connectivity index (χ3v) is 5.01. The molecule has 0 aliphatic carbocycles. The molecule has 5 heteroatoms. The van der Waals surface area contributed by atoms with Crippen LogP contribution in [0.15, 0.2) is 11.6 Å². The Morgan fingerprint density at radius 3 is 3.11 bits per heavy atom. The number of hydrogen-bond donors (Lipinski definition) is 1. The van der Waals surface area contributed by atoms with Gasteiger partial charge in [-0.25, -0.2) is 4.98 Å². The molecule has 1 aliphatic rings. The van der Waals surface area contributed by atoms with Crippen molar-refractivity contribution < 1.29 is 0 Å². The van der Waals surface area contributed by atoms with Gasteiger partial charge < -0.3 is 10.6 Å². The largest absolute Gasteiger partial charge is 0.355 e. The number of hydrogen-bond acceptors (Lipinski definition) is 4. The quantitative estimate of drug-likeness (QED) is 0.939. The maximum atomic E-state index is 5.94. The summed E-state index contributed by atoms with van der Waals surface area (Å²) in [6.45, 7) is 5.10. The summed E-state index contributed by atoms with van der Waals surface area (Å²) >= 11 is 1.68. The monoisotopic (exact) mass is 278 g/mol. The van der Waals surface area contributed by atoms with E-state index in [2.05, 4.69) is 27.8 Å². The van der Waals surface area contributed by atoms with Crippen molar-refractivity contribution in [2.75, 3.05) is 18.0 Å². The van der Waals surface area contributed by atoms with Crippen LogP contribution in [0, 0.1) is 5.92 Å². The number of nitrogens with two attached hydrogens (primary N) is 1. The smallest absolute Gasteiger partial charge is 0.195 e. The zero-order valence-electron chi connectivity index (χ0n) is 11.5. The first-order valence-corrected chi connectivity index (χ1v) is 8.11. The van der Waals surface area contributed by atoms with Gasteiger partial charge in [-0.15, -0.1) is 11.3 Å². The number of thiazole rings is 1. The van der Waals surface area contributed by atoms with Crippen LogP contribution in [0.2, 0.25) is 0 Å². The minimum atomic E-state index is 0.556. The number of rotatable bonds is 3. The van der Waals surface area contributed by atoms with E-state index in [1.54, 1.807) is 11.3 Å². The van der Waals surface area contributed by atoms with Crippen LogP contribution >= 0.6 is 11.3 Å². The molecule has 104 valence electrons. The highest BCUT2D eigenvalue weighted by Crippen LogP contribution is 2.28. The number of nitrogens with zero attached hydrogens (tertiary/aromatic N) is 3. The van der Waals surface area contributed by atoms with Crippen LogP contribution in [-0.4, -0.2) is 22.5 Å². The van der Waals surface area contributed by atoms with Gasteiger partial charge in [-0.3, -0.25) is 4.40 Å². The second-order valence-electron chi connectivity index (χ2n) is 5.33. The van der Waals surface area contributed by atoms with E-state index in [-0.39, 0.29) is 0 Å². The number of fused-ring (bicyclic) bond motifs is 1. The van der Waals surface area contributed by atoms with E-state index >= 15 is 0 Å². The van der Waals surface area contributed by atoms with E-state index < -0.39 is 0 Å². The van der Waals surface area contributed by atoms with E-state index in [9.17, 15) is 0 Å². The third-order valence-electron chi connectivity index (χ3n) is 4.26. The normalized spacial score (nSPS) is 20.9. The summed E-state index contributed by atoms with van der Waals surface area (Å²) in [7, 11) is 0. The molecular weight excluding hydrogens is 256 g/mol. The average molecular weight is 278 g/mol. The maximum absolute atomic E-state index is 5.94. The van der Waals surface area contributed by atoms with Crippen molar-refractivity contribution in [1.82, 2.24) is 9.38 Å². The fourth-order valence-corrected chi connectivity index (χ4v) is 3.78. The van der Waals surface area contributed by atoms with Crippen molar-refractivity contribution in [3.63, 3.8) is 0 Å². The molecule has 1 atom stereocenters.